The van der Waals surface area contributed by atoms with Gasteiger partial charge in [-0.2, -0.15) is 4.98 Å². The fraction of sp³-hybridized carbons (Fsp3) is 0.333. The first-order valence-electron chi connectivity index (χ1n) is 9.53. The fourth-order valence-electron chi connectivity index (χ4n) is 3.89. The van der Waals surface area contributed by atoms with Crippen LogP contribution in [0.15, 0.2) is 40.5 Å². The maximum absolute atomic E-state index is 5.45. The molecule has 1 atom stereocenters. The number of piperidine rings is 1. The van der Waals surface area contributed by atoms with E-state index in [9.17, 15) is 0 Å². The Balaban J connectivity index is 1.55. The fourth-order valence-corrected chi connectivity index (χ4v) is 4.81. The molecule has 0 aliphatic carbocycles. The lowest BCUT2D eigenvalue weighted by atomic mass is 9.97. The summed E-state index contributed by atoms with van der Waals surface area (Å²) >= 11 is 1.67. The van der Waals surface area contributed by atoms with Gasteiger partial charge in [0.2, 0.25) is 5.89 Å². The highest BCUT2D eigenvalue weighted by atomic mass is 32.1. The smallest absolute Gasteiger partial charge is 0.231 e. The Bertz CT molecular complexity index is 1120. The normalized spacial score (nSPS) is 17.4. The highest BCUT2D eigenvalue weighted by Crippen LogP contribution is 2.39. The van der Waals surface area contributed by atoms with Crippen molar-refractivity contribution in [2.45, 2.75) is 32.6 Å². The van der Waals surface area contributed by atoms with Crippen molar-refractivity contribution in [1.82, 2.24) is 20.1 Å². The molecule has 1 saturated heterocycles. The summed E-state index contributed by atoms with van der Waals surface area (Å²) < 4.78 is 5.45. The molecule has 0 N–H and O–H groups in total. The summed E-state index contributed by atoms with van der Waals surface area (Å²) in [5.41, 5.74) is 3.66. The first kappa shape index (κ1) is 17.3. The topological polar surface area (TPSA) is 67.9 Å². The number of nitrogens with zero attached hydrogens (tertiary/aromatic N) is 5. The number of thiophene rings is 1. The summed E-state index contributed by atoms with van der Waals surface area (Å²) in [6, 6.07) is 8.65. The summed E-state index contributed by atoms with van der Waals surface area (Å²) in [6.07, 6.45) is 3.80. The van der Waals surface area contributed by atoms with E-state index in [4.69, 9.17) is 9.51 Å². The van der Waals surface area contributed by atoms with Crippen LogP contribution in [0.3, 0.4) is 0 Å². The zero-order valence-corrected chi connectivity index (χ0v) is 16.7. The molecule has 5 rings (SSSR count). The quantitative estimate of drug-likeness (QED) is 0.502. The minimum Gasteiger partial charge on any atom is -0.355 e. The van der Waals surface area contributed by atoms with Crippen LogP contribution < -0.4 is 4.90 Å². The summed E-state index contributed by atoms with van der Waals surface area (Å²) in [5.74, 6) is 2.66. The largest absolute Gasteiger partial charge is 0.355 e. The number of hydrogen-bond acceptors (Lipinski definition) is 7. The van der Waals surface area contributed by atoms with E-state index < -0.39 is 0 Å². The number of hydrogen-bond donors (Lipinski definition) is 0. The third-order valence-corrected chi connectivity index (χ3v) is 6.21. The molecule has 0 spiro atoms. The van der Waals surface area contributed by atoms with E-state index in [1.807, 2.05) is 6.92 Å². The Morgan fingerprint density at radius 3 is 2.79 bits per heavy atom. The maximum atomic E-state index is 5.45. The van der Waals surface area contributed by atoms with E-state index in [-0.39, 0.29) is 5.92 Å². The number of rotatable bonds is 3. The van der Waals surface area contributed by atoms with Gasteiger partial charge >= 0.3 is 0 Å². The number of benzene rings is 1. The average Bonchev–Trinajstić information content (AvgIpc) is 3.35. The van der Waals surface area contributed by atoms with Crippen molar-refractivity contribution in [2.75, 3.05) is 18.0 Å². The first-order chi connectivity index (χ1) is 13.7. The Morgan fingerprint density at radius 2 is 2.00 bits per heavy atom. The summed E-state index contributed by atoms with van der Waals surface area (Å²) in [5, 5.41) is 7.29. The molecule has 1 aliphatic rings. The maximum Gasteiger partial charge on any atom is 0.231 e. The highest BCUT2D eigenvalue weighted by Gasteiger charge is 2.28. The van der Waals surface area contributed by atoms with Crippen LogP contribution in [0.4, 0.5) is 5.82 Å². The molecule has 0 amide bonds. The third kappa shape index (κ3) is 3.05. The molecule has 1 aliphatic heterocycles. The van der Waals surface area contributed by atoms with Crippen LogP contribution in [0.25, 0.3) is 21.3 Å². The van der Waals surface area contributed by atoms with Gasteiger partial charge in [0.05, 0.1) is 11.3 Å². The molecule has 0 bridgehead atoms. The van der Waals surface area contributed by atoms with Gasteiger partial charge < -0.3 is 9.42 Å². The van der Waals surface area contributed by atoms with Crippen molar-refractivity contribution in [1.29, 1.82) is 0 Å². The second-order valence-electron chi connectivity index (χ2n) is 7.36. The van der Waals surface area contributed by atoms with E-state index >= 15 is 0 Å². The lowest BCUT2D eigenvalue weighted by molar-refractivity contribution is 0.331. The molecule has 142 valence electrons. The van der Waals surface area contributed by atoms with Gasteiger partial charge in [0, 0.05) is 24.0 Å². The van der Waals surface area contributed by atoms with Crippen LogP contribution in [-0.2, 0) is 0 Å². The molecule has 4 heterocycles. The highest BCUT2D eigenvalue weighted by molar-refractivity contribution is 7.17. The number of fused-ring (bicyclic) bond motifs is 1. The van der Waals surface area contributed by atoms with Crippen LogP contribution in [-0.4, -0.2) is 33.2 Å². The second kappa shape index (κ2) is 6.98. The van der Waals surface area contributed by atoms with Gasteiger partial charge in [0.25, 0.3) is 0 Å². The molecule has 4 aromatic rings. The van der Waals surface area contributed by atoms with Crippen LogP contribution in [0.2, 0.25) is 0 Å². The van der Waals surface area contributed by atoms with Gasteiger partial charge in [-0.15, -0.1) is 11.3 Å². The monoisotopic (exact) mass is 391 g/mol. The van der Waals surface area contributed by atoms with E-state index in [2.05, 4.69) is 56.6 Å². The van der Waals surface area contributed by atoms with Gasteiger partial charge in [-0.25, -0.2) is 9.97 Å². The molecule has 1 aromatic carbocycles. The van der Waals surface area contributed by atoms with Gasteiger partial charge in [-0.3, -0.25) is 0 Å². The van der Waals surface area contributed by atoms with Gasteiger partial charge in [-0.05, 0) is 32.3 Å². The van der Waals surface area contributed by atoms with Gasteiger partial charge in [0.15, 0.2) is 5.82 Å². The van der Waals surface area contributed by atoms with Crippen LogP contribution in [0.5, 0.6) is 0 Å². The molecule has 1 fully saturated rings. The minimum absolute atomic E-state index is 0.237. The lowest BCUT2D eigenvalue weighted by Gasteiger charge is -2.32. The van der Waals surface area contributed by atoms with E-state index in [0.29, 0.717) is 5.82 Å². The van der Waals surface area contributed by atoms with Crippen molar-refractivity contribution in [2.24, 2.45) is 0 Å². The predicted molar refractivity (Wildman–Crippen MR) is 111 cm³/mol. The van der Waals surface area contributed by atoms with E-state index in [1.54, 1.807) is 17.7 Å². The molecule has 3 aromatic heterocycles. The Morgan fingerprint density at radius 1 is 1.14 bits per heavy atom. The van der Waals surface area contributed by atoms with Crippen molar-refractivity contribution >= 4 is 27.4 Å². The molecule has 28 heavy (non-hydrogen) atoms. The number of anilines is 1. The number of aromatic nitrogens is 4. The Kier molecular flexibility index (Phi) is 4.31. The summed E-state index contributed by atoms with van der Waals surface area (Å²) in [6.45, 7) is 5.77. The van der Waals surface area contributed by atoms with Crippen molar-refractivity contribution in [3.05, 3.63) is 53.3 Å². The Hall–Kier alpha value is -2.80. The third-order valence-electron chi connectivity index (χ3n) is 5.33. The van der Waals surface area contributed by atoms with Gasteiger partial charge in [-0.1, -0.05) is 35.0 Å². The van der Waals surface area contributed by atoms with E-state index in [1.165, 1.54) is 16.7 Å². The summed E-state index contributed by atoms with van der Waals surface area (Å²) in [7, 11) is 0. The zero-order chi connectivity index (χ0) is 19.1. The predicted octanol–water partition coefficient (Wildman–Crippen LogP) is 4.74. The van der Waals surface area contributed by atoms with Crippen molar-refractivity contribution < 1.29 is 4.52 Å². The molecule has 0 radical (unpaired) electrons. The van der Waals surface area contributed by atoms with Crippen molar-refractivity contribution in [3.63, 3.8) is 0 Å². The standard InChI is InChI=1S/C21H21N5OS/c1-13-5-7-15(8-6-13)17-11-28-21-18(17)19(22-12-23-21)26-9-3-4-16(10-26)20-24-14(2)25-27-20/h5-8,11-12,16H,3-4,9-10H2,1-2H3. The van der Waals surface area contributed by atoms with Gasteiger partial charge in [0.1, 0.15) is 17.0 Å². The zero-order valence-electron chi connectivity index (χ0n) is 15.9. The molecule has 6 nitrogen and oxygen atoms in total. The van der Waals surface area contributed by atoms with Crippen molar-refractivity contribution in [3.8, 4) is 11.1 Å². The molecule has 0 saturated carbocycles. The van der Waals surface area contributed by atoms with E-state index in [0.717, 1.165) is 47.9 Å². The molecule has 1 unspecified atom stereocenters. The molecule has 7 heteroatoms. The molecular formula is C21H21N5OS. The van der Waals surface area contributed by atoms with Crippen LogP contribution in [0, 0.1) is 13.8 Å². The average molecular weight is 392 g/mol. The SMILES string of the molecule is Cc1ccc(-c2csc3ncnc(N4CCCC(c5nc(C)no5)C4)c23)cc1. The first-order valence-corrected chi connectivity index (χ1v) is 10.4. The minimum atomic E-state index is 0.237. The Labute approximate surface area is 167 Å². The summed E-state index contributed by atoms with van der Waals surface area (Å²) in [4.78, 5) is 17.0. The lowest BCUT2D eigenvalue weighted by Crippen LogP contribution is -2.35. The molecular weight excluding hydrogens is 370 g/mol. The number of aryl methyl sites for hydroxylation is 2. The van der Waals surface area contributed by atoms with Crippen LogP contribution in [0.1, 0.15) is 36.0 Å². The second-order valence-corrected chi connectivity index (χ2v) is 8.22. The van der Waals surface area contributed by atoms with Crippen LogP contribution >= 0.6 is 11.3 Å².